The maximum atomic E-state index is 12.2. The van der Waals surface area contributed by atoms with Gasteiger partial charge in [-0.25, -0.2) is 0 Å². The lowest BCUT2D eigenvalue weighted by Crippen LogP contribution is -2.26. The standard InChI is InChI=1S/C18H16O4/c1-21-17(19)15-14(12-8-4-2-5-9-12)16(22-18(15)20)13-10-6-3-7-11-13/h2-11,14-16H,1H3. The third kappa shape index (κ3) is 2.48. The van der Waals surface area contributed by atoms with E-state index in [0.29, 0.717) is 0 Å². The summed E-state index contributed by atoms with van der Waals surface area (Å²) in [5.74, 6) is -2.41. The van der Waals surface area contributed by atoms with Crippen LogP contribution in [0.25, 0.3) is 0 Å². The van der Waals surface area contributed by atoms with Crippen molar-refractivity contribution < 1.29 is 19.1 Å². The Balaban J connectivity index is 2.06. The van der Waals surface area contributed by atoms with Crippen LogP contribution in [0.3, 0.4) is 0 Å². The zero-order valence-corrected chi connectivity index (χ0v) is 12.1. The first-order valence-corrected chi connectivity index (χ1v) is 7.10. The van der Waals surface area contributed by atoms with Gasteiger partial charge in [-0.3, -0.25) is 9.59 Å². The Hall–Kier alpha value is -2.62. The second-order valence-corrected chi connectivity index (χ2v) is 5.21. The molecule has 1 heterocycles. The number of hydrogen-bond acceptors (Lipinski definition) is 4. The van der Waals surface area contributed by atoms with Gasteiger partial charge in [-0.05, 0) is 11.1 Å². The molecule has 1 fully saturated rings. The summed E-state index contributed by atoms with van der Waals surface area (Å²) in [5, 5.41) is 0. The number of ether oxygens (including phenoxy) is 2. The zero-order valence-electron chi connectivity index (χ0n) is 12.1. The highest BCUT2D eigenvalue weighted by Gasteiger charge is 2.50. The molecule has 0 spiro atoms. The molecule has 112 valence electrons. The first-order chi connectivity index (χ1) is 10.7. The molecule has 0 aromatic heterocycles. The molecule has 1 aliphatic rings. The van der Waals surface area contributed by atoms with Crippen LogP contribution in [0.4, 0.5) is 0 Å². The molecule has 0 bridgehead atoms. The number of rotatable bonds is 3. The van der Waals surface area contributed by atoms with Gasteiger partial charge in [0, 0.05) is 5.92 Å². The maximum Gasteiger partial charge on any atom is 0.321 e. The molecule has 0 N–H and O–H groups in total. The van der Waals surface area contributed by atoms with Crippen molar-refractivity contribution in [3.05, 3.63) is 71.8 Å². The molecule has 2 aromatic rings. The van der Waals surface area contributed by atoms with Crippen LogP contribution < -0.4 is 0 Å². The van der Waals surface area contributed by atoms with Crippen molar-refractivity contribution in [2.24, 2.45) is 5.92 Å². The van der Waals surface area contributed by atoms with Gasteiger partial charge < -0.3 is 9.47 Å². The van der Waals surface area contributed by atoms with E-state index in [9.17, 15) is 9.59 Å². The van der Waals surface area contributed by atoms with Gasteiger partial charge in [0.1, 0.15) is 6.10 Å². The van der Waals surface area contributed by atoms with Gasteiger partial charge >= 0.3 is 11.9 Å². The fourth-order valence-electron chi connectivity index (χ4n) is 2.92. The van der Waals surface area contributed by atoms with Gasteiger partial charge in [-0.2, -0.15) is 0 Å². The molecule has 2 aromatic carbocycles. The lowest BCUT2D eigenvalue weighted by Gasteiger charge is -2.20. The van der Waals surface area contributed by atoms with Gasteiger partial charge in [0.25, 0.3) is 0 Å². The Kier molecular flexibility index (Phi) is 3.92. The molecule has 0 radical (unpaired) electrons. The van der Waals surface area contributed by atoms with Crippen LogP contribution in [0.1, 0.15) is 23.1 Å². The van der Waals surface area contributed by atoms with Crippen molar-refractivity contribution >= 4 is 11.9 Å². The van der Waals surface area contributed by atoms with Crippen molar-refractivity contribution in [3.8, 4) is 0 Å². The first kappa shape index (κ1) is 14.3. The highest BCUT2D eigenvalue weighted by atomic mass is 16.6. The predicted molar refractivity (Wildman–Crippen MR) is 80.0 cm³/mol. The van der Waals surface area contributed by atoms with Gasteiger partial charge in [0.2, 0.25) is 0 Å². The van der Waals surface area contributed by atoms with Crippen LogP contribution >= 0.6 is 0 Å². The minimum absolute atomic E-state index is 0.386. The van der Waals surface area contributed by atoms with E-state index >= 15 is 0 Å². The van der Waals surface area contributed by atoms with E-state index in [-0.39, 0.29) is 5.92 Å². The van der Waals surface area contributed by atoms with Gasteiger partial charge in [0.05, 0.1) is 7.11 Å². The summed E-state index contributed by atoms with van der Waals surface area (Å²) in [4.78, 5) is 24.3. The highest BCUT2D eigenvalue weighted by Crippen LogP contribution is 2.46. The summed E-state index contributed by atoms with van der Waals surface area (Å²) in [6.07, 6.45) is -0.486. The summed E-state index contributed by atoms with van der Waals surface area (Å²) >= 11 is 0. The van der Waals surface area contributed by atoms with Crippen molar-refractivity contribution in [3.63, 3.8) is 0 Å². The number of esters is 2. The highest BCUT2D eigenvalue weighted by molar-refractivity contribution is 5.97. The zero-order chi connectivity index (χ0) is 15.5. The molecule has 3 rings (SSSR count). The lowest BCUT2D eigenvalue weighted by atomic mass is 9.82. The molecule has 0 amide bonds. The van der Waals surface area contributed by atoms with Crippen LogP contribution in [-0.2, 0) is 19.1 Å². The Morgan fingerprint density at radius 1 is 0.955 bits per heavy atom. The Labute approximate surface area is 128 Å². The van der Waals surface area contributed by atoms with E-state index in [1.54, 1.807) is 0 Å². The summed E-state index contributed by atoms with van der Waals surface area (Å²) in [6, 6.07) is 18.9. The second-order valence-electron chi connectivity index (χ2n) is 5.21. The van der Waals surface area contributed by atoms with Crippen LogP contribution in [0.5, 0.6) is 0 Å². The normalized spacial score (nSPS) is 23.9. The third-order valence-corrected chi connectivity index (χ3v) is 3.95. The monoisotopic (exact) mass is 296 g/mol. The minimum atomic E-state index is -0.933. The van der Waals surface area contributed by atoms with Gasteiger partial charge in [-0.15, -0.1) is 0 Å². The Morgan fingerprint density at radius 2 is 1.50 bits per heavy atom. The molecule has 1 saturated heterocycles. The molecular weight excluding hydrogens is 280 g/mol. The summed E-state index contributed by atoms with van der Waals surface area (Å²) < 4.78 is 10.3. The van der Waals surface area contributed by atoms with E-state index in [2.05, 4.69) is 0 Å². The van der Waals surface area contributed by atoms with Crippen molar-refractivity contribution in [1.29, 1.82) is 0 Å². The minimum Gasteiger partial charge on any atom is -0.468 e. The molecule has 3 unspecified atom stereocenters. The number of benzene rings is 2. The van der Waals surface area contributed by atoms with E-state index < -0.39 is 24.0 Å². The van der Waals surface area contributed by atoms with E-state index in [1.807, 2.05) is 60.7 Å². The number of carbonyl (C=O) groups is 2. The van der Waals surface area contributed by atoms with E-state index in [4.69, 9.17) is 9.47 Å². The molecular formula is C18H16O4. The molecule has 4 heteroatoms. The third-order valence-electron chi connectivity index (χ3n) is 3.95. The van der Waals surface area contributed by atoms with E-state index in [1.165, 1.54) is 7.11 Å². The fourth-order valence-corrected chi connectivity index (χ4v) is 2.92. The smallest absolute Gasteiger partial charge is 0.321 e. The number of methoxy groups -OCH3 is 1. The van der Waals surface area contributed by atoms with Crippen molar-refractivity contribution in [2.75, 3.05) is 7.11 Å². The number of cyclic esters (lactones) is 1. The van der Waals surface area contributed by atoms with Crippen LogP contribution in [0, 0.1) is 5.92 Å². The summed E-state index contributed by atoms with van der Waals surface area (Å²) in [6.45, 7) is 0. The Morgan fingerprint density at radius 3 is 2.05 bits per heavy atom. The number of carbonyl (C=O) groups excluding carboxylic acids is 2. The second kappa shape index (κ2) is 6.02. The molecule has 4 nitrogen and oxygen atoms in total. The van der Waals surface area contributed by atoms with Gasteiger partial charge in [0.15, 0.2) is 5.92 Å². The molecule has 3 atom stereocenters. The van der Waals surface area contributed by atoms with E-state index in [0.717, 1.165) is 11.1 Å². The molecule has 0 aliphatic carbocycles. The first-order valence-electron chi connectivity index (χ1n) is 7.10. The fraction of sp³-hybridized carbons (Fsp3) is 0.222. The topological polar surface area (TPSA) is 52.6 Å². The maximum absolute atomic E-state index is 12.2. The SMILES string of the molecule is COC(=O)C1C(=O)OC(c2ccccc2)C1c1ccccc1. The average molecular weight is 296 g/mol. The molecule has 0 saturated carbocycles. The summed E-state index contributed by atoms with van der Waals surface area (Å²) in [7, 11) is 1.29. The lowest BCUT2D eigenvalue weighted by molar-refractivity contribution is -0.155. The largest absolute Gasteiger partial charge is 0.468 e. The van der Waals surface area contributed by atoms with Crippen molar-refractivity contribution in [2.45, 2.75) is 12.0 Å². The molecule has 1 aliphatic heterocycles. The van der Waals surface area contributed by atoms with Crippen LogP contribution in [0.15, 0.2) is 60.7 Å². The number of hydrogen-bond donors (Lipinski definition) is 0. The summed E-state index contributed by atoms with van der Waals surface area (Å²) in [5.41, 5.74) is 1.76. The van der Waals surface area contributed by atoms with Crippen molar-refractivity contribution in [1.82, 2.24) is 0 Å². The quantitative estimate of drug-likeness (QED) is 0.645. The van der Waals surface area contributed by atoms with Crippen LogP contribution in [0.2, 0.25) is 0 Å². The van der Waals surface area contributed by atoms with Crippen LogP contribution in [-0.4, -0.2) is 19.0 Å². The Bertz CT molecular complexity index is 666. The average Bonchev–Trinajstić information content (AvgIpc) is 2.93. The predicted octanol–water partition coefficient (Wildman–Crippen LogP) is 2.86. The van der Waals surface area contributed by atoms with Gasteiger partial charge in [-0.1, -0.05) is 60.7 Å². The molecule has 22 heavy (non-hydrogen) atoms.